The molecule has 1 aromatic heterocycles. The second kappa shape index (κ2) is 4.76. The molecule has 1 unspecified atom stereocenters. The maximum absolute atomic E-state index is 13.7. The van der Waals surface area contributed by atoms with Gasteiger partial charge in [-0.25, -0.2) is 22.5 Å². The van der Waals surface area contributed by atoms with E-state index in [4.69, 9.17) is 11.6 Å². The lowest BCUT2D eigenvalue weighted by Gasteiger charge is -2.10. The van der Waals surface area contributed by atoms with Gasteiger partial charge >= 0.3 is 0 Å². The van der Waals surface area contributed by atoms with E-state index in [1.165, 1.54) is 13.0 Å². The molecule has 0 aliphatic carbocycles. The summed E-state index contributed by atoms with van der Waals surface area (Å²) in [4.78, 5) is 3.96. The van der Waals surface area contributed by atoms with E-state index in [9.17, 15) is 17.6 Å². The Labute approximate surface area is 105 Å². The fraction of sp³-hybridized carbons (Fsp3) is 0.364. The standard InChI is InChI=1S/C11H9ClF4N2/c1-5(12)11-17-7-3-2-6(13)9(16)10(7)18(11)4-8(14)15/h2-3,5,8H,4H2,1H3. The second-order valence-corrected chi connectivity index (χ2v) is 4.47. The highest BCUT2D eigenvalue weighted by Crippen LogP contribution is 2.28. The van der Waals surface area contributed by atoms with Gasteiger partial charge < -0.3 is 4.57 Å². The van der Waals surface area contributed by atoms with Crippen LogP contribution in [0, 0.1) is 11.6 Å². The zero-order chi connectivity index (χ0) is 13.4. The van der Waals surface area contributed by atoms with Crippen LogP contribution in [0.4, 0.5) is 17.6 Å². The van der Waals surface area contributed by atoms with E-state index >= 15 is 0 Å². The van der Waals surface area contributed by atoms with Crippen molar-refractivity contribution < 1.29 is 17.6 Å². The van der Waals surface area contributed by atoms with E-state index in [2.05, 4.69) is 4.98 Å². The van der Waals surface area contributed by atoms with Crippen LogP contribution in [0.15, 0.2) is 12.1 Å². The van der Waals surface area contributed by atoms with Gasteiger partial charge in [-0.05, 0) is 19.1 Å². The normalized spacial score (nSPS) is 13.5. The van der Waals surface area contributed by atoms with Gasteiger partial charge in [0.05, 0.1) is 17.4 Å². The average Bonchev–Trinajstić information content (AvgIpc) is 2.62. The quantitative estimate of drug-likeness (QED) is 0.616. The zero-order valence-electron chi connectivity index (χ0n) is 9.30. The van der Waals surface area contributed by atoms with Gasteiger partial charge in [-0.2, -0.15) is 0 Å². The maximum atomic E-state index is 13.7. The highest BCUT2D eigenvalue weighted by molar-refractivity contribution is 6.20. The minimum atomic E-state index is -2.71. The number of aromatic nitrogens is 2. The largest absolute Gasteiger partial charge is 0.318 e. The lowest BCUT2D eigenvalue weighted by Crippen LogP contribution is -2.11. The Balaban J connectivity index is 2.74. The van der Waals surface area contributed by atoms with Crippen molar-refractivity contribution in [3.63, 3.8) is 0 Å². The molecule has 0 saturated carbocycles. The molecule has 2 aromatic rings. The first-order chi connectivity index (χ1) is 8.41. The van der Waals surface area contributed by atoms with Gasteiger partial charge in [-0.3, -0.25) is 0 Å². The Hall–Kier alpha value is -1.30. The minimum Gasteiger partial charge on any atom is -0.318 e. The van der Waals surface area contributed by atoms with Crippen molar-refractivity contribution in [3.05, 3.63) is 29.6 Å². The van der Waals surface area contributed by atoms with Crippen molar-refractivity contribution in [2.24, 2.45) is 0 Å². The van der Waals surface area contributed by atoms with Crippen LogP contribution in [-0.4, -0.2) is 16.0 Å². The number of rotatable bonds is 3. The summed E-state index contributed by atoms with van der Waals surface area (Å²) in [5, 5.41) is -0.682. The molecule has 0 spiro atoms. The predicted molar refractivity (Wildman–Crippen MR) is 59.9 cm³/mol. The molecule has 0 bridgehead atoms. The molecular formula is C11H9ClF4N2. The third-order valence-corrected chi connectivity index (χ3v) is 2.70. The van der Waals surface area contributed by atoms with Crippen molar-refractivity contribution in [1.29, 1.82) is 0 Å². The molecule has 0 aliphatic heterocycles. The number of hydrogen-bond donors (Lipinski definition) is 0. The summed E-state index contributed by atoms with van der Waals surface area (Å²) in [6, 6.07) is 2.14. The Morgan fingerprint density at radius 1 is 1.33 bits per heavy atom. The lowest BCUT2D eigenvalue weighted by molar-refractivity contribution is 0.126. The SMILES string of the molecule is CC(Cl)c1nc2ccc(F)c(F)c2n1CC(F)F. The number of nitrogens with zero attached hydrogens (tertiary/aromatic N) is 2. The van der Waals surface area contributed by atoms with Gasteiger partial charge in [-0.15, -0.1) is 11.6 Å². The van der Waals surface area contributed by atoms with Crippen molar-refractivity contribution in [1.82, 2.24) is 9.55 Å². The summed E-state index contributed by atoms with van der Waals surface area (Å²) in [6.07, 6.45) is -2.71. The zero-order valence-corrected chi connectivity index (χ0v) is 10.1. The minimum absolute atomic E-state index is 0.0940. The monoisotopic (exact) mass is 280 g/mol. The van der Waals surface area contributed by atoms with Crippen LogP contribution in [0.2, 0.25) is 0 Å². The smallest absolute Gasteiger partial charge is 0.256 e. The van der Waals surface area contributed by atoms with Crippen molar-refractivity contribution in [2.45, 2.75) is 25.3 Å². The molecule has 7 heteroatoms. The second-order valence-electron chi connectivity index (χ2n) is 3.82. The summed E-state index contributed by atoms with van der Waals surface area (Å²) in [6.45, 7) is 0.752. The van der Waals surface area contributed by atoms with E-state index in [1.54, 1.807) is 0 Å². The summed E-state index contributed by atoms with van der Waals surface area (Å²) in [5.74, 6) is -2.20. The first-order valence-electron chi connectivity index (χ1n) is 5.18. The number of imidazole rings is 1. The summed E-state index contributed by atoms with van der Waals surface area (Å²) in [7, 11) is 0. The number of fused-ring (bicyclic) bond motifs is 1. The van der Waals surface area contributed by atoms with Gasteiger partial charge in [0.1, 0.15) is 11.3 Å². The Bertz CT molecular complexity index is 580. The molecule has 1 aromatic carbocycles. The first kappa shape index (κ1) is 13.1. The third-order valence-electron chi connectivity index (χ3n) is 2.51. The molecule has 98 valence electrons. The third kappa shape index (κ3) is 2.16. The highest BCUT2D eigenvalue weighted by atomic mass is 35.5. The van der Waals surface area contributed by atoms with Crippen LogP contribution in [0.3, 0.4) is 0 Å². The van der Waals surface area contributed by atoms with E-state index in [-0.39, 0.29) is 16.9 Å². The molecular weight excluding hydrogens is 272 g/mol. The van der Waals surface area contributed by atoms with Gasteiger partial charge in [0.15, 0.2) is 11.6 Å². The molecule has 18 heavy (non-hydrogen) atoms. The van der Waals surface area contributed by atoms with Crippen molar-refractivity contribution >= 4 is 22.6 Å². The first-order valence-corrected chi connectivity index (χ1v) is 5.61. The Morgan fingerprint density at radius 3 is 2.56 bits per heavy atom. The van der Waals surface area contributed by atoms with E-state index in [0.29, 0.717) is 0 Å². The fourth-order valence-electron chi connectivity index (χ4n) is 1.80. The molecule has 2 nitrogen and oxygen atoms in total. The van der Waals surface area contributed by atoms with Gasteiger partial charge in [0.2, 0.25) is 0 Å². The summed E-state index contributed by atoms with van der Waals surface area (Å²) >= 11 is 5.81. The van der Waals surface area contributed by atoms with E-state index in [1.807, 2.05) is 0 Å². The summed E-state index contributed by atoms with van der Waals surface area (Å²) < 4.78 is 52.7. The number of hydrogen-bond acceptors (Lipinski definition) is 1. The highest BCUT2D eigenvalue weighted by Gasteiger charge is 2.21. The van der Waals surface area contributed by atoms with Crippen molar-refractivity contribution in [3.8, 4) is 0 Å². The molecule has 0 saturated heterocycles. The summed E-state index contributed by atoms with van der Waals surface area (Å²) in [5.41, 5.74) is -0.171. The Kier molecular flexibility index (Phi) is 3.47. The van der Waals surface area contributed by atoms with E-state index < -0.39 is 30.0 Å². The molecule has 0 amide bonds. The Morgan fingerprint density at radius 2 is 2.00 bits per heavy atom. The number of benzene rings is 1. The number of halogens is 5. The van der Waals surface area contributed by atoms with Crippen LogP contribution in [-0.2, 0) is 6.54 Å². The maximum Gasteiger partial charge on any atom is 0.256 e. The fourth-order valence-corrected chi connectivity index (χ4v) is 1.97. The number of alkyl halides is 3. The average molecular weight is 281 g/mol. The van der Waals surface area contributed by atoms with Crippen molar-refractivity contribution in [2.75, 3.05) is 0 Å². The molecule has 0 radical (unpaired) electrons. The topological polar surface area (TPSA) is 17.8 Å². The molecule has 0 fully saturated rings. The van der Waals surface area contributed by atoms with Crippen LogP contribution in [0.25, 0.3) is 11.0 Å². The van der Waals surface area contributed by atoms with Crippen LogP contribution >= 0.6 is 11.6 Å². The molecule has 1 heterocycles. The van der Waals surface area contributed by atoms with Crippen LogP contribution in [0.1, 0.15) is 18.1 Å². The predicted octanol–water partition coefficient (Wildman–Crippen LogP) is 3.88. The molecule has 2 rings (SSSR count). The van der Waals surface area contributed by atoms with E-state index in [0.717, 1.165) is 10.6 Å². The van der Waals surface area contributed by atoms with Crippen LogP contribution < -0.4 is 0 Å². The molecule has 0 aliphatic rings. The van der Waals surface area contributed by atoms with Gasteiger partial charge in [-0.1, -0.05) is 0 Å². The van der Waals surface area contributed by atoms with Gasteiger partial charge in [0, 0.05) is 0 Å². The van der Waals surface area contributed by atoms with Gasteiger partial charge in [0.25, 0.3) is 6.43 Å². The lowest BCUT2D eigenvalue weighted by atomic mass is 10.3. The molecule has 1 atom stereocenters. The van der Waals surface area contributed by atoms with Crippen LogP contribution in [0.5, 0.6) is 0 Å². The molecule has 0 N–H and O–H groups in total.